The molecule has 3 N–H and O–H groups in total. The normalized spacial score (nSPS) is 9.41. The second kappa shape index (κ2) is 5.92. The van der Waals surface area contributed by atoms with Gasteiger partial charge in [0, 0.05) is 6.54 Å². The van der Waals surface area contributed by atoms with E-state index in [9.17, 15) is 4.79 Å². The van der Waals surface area contributed by atoms with E-state index in [4.69, 9.17) is 15.7 Å². The predicted molar refractivity (Wildman–Crippen MR) is 68.1 cm³/mol. The van der Waals surface area contributed by atoms with Crippen LogP contribution in [0.4, 0.5) is 10.7 Å². The quantitative estimate of drug-likeness (QED) is 0.617. The highest BCUT2D eigenvalue weighted by atomic mass is 32.1. The molecule has 1 aromatic heterocycles. The smallest absolute Gasteiger partial charge is 0.350 e. The summed E-state index contributed by atoms with van der Waals surface area (Å²) < 4.78 is 4.86. The van der Waals surface area contributed by atoms with Crippen LogP contribution in [-0.2, 0) is 4.74 Å². The van der Waals surface area contributed by atoms with Crippen LogP contribution in [-0.4, -0.2) is 19.1 Å². The lowest BCUT2D eigenvalue weighted by Crippen LogP contribution is -2.05. The zero-order chi connectivity index (χ0) is 12.8. The van der Waals surface area contributed by atoms with Gasteiger partial charge in [0.15, 0.2) is 0 Å². The summed E-state index contributed by atoms with van der Waals surface area (Å²) >= 11 is 1.12. The van der Waals surface area contributed by atoms with Crippen molar-refractivity contribution in [2.75, 3.05) is 24.2 Å². The zero-order valence-electron chi connectivity index (χ0n) is 9.45. The molecule has 0 bridgehead atoms. The second-order valence-corrected chi connectivity index (χ2v) is 4.07. The number of anilines is 2. The van der Waals surface area contributed by atoms with Crippen molar-refractivity contribution in [3.05, 3.63) is 23.1 Å². The van der Waals surface area contributed by atoms with Gasteiger partial charge in [0.2, 0.25) is 0 Å². The largest absolute Gasteiger partial charge is 0.462 e. The van der Waals surface area contributed by atoms with Crippen molar-refractivity contribution in [2.24, 2.45) is 0 Å². The number of rotatable bonds is 5. The summed E-state index contributed by atoms with van der Waals surface area (Å²) in [5, 5.41) is 12.5. The molecule has 0 aromatic carbocycles. The van der Waals surface area contributed by atoms with E-state index < -0.39 is 5.97 Å². The Bertz CT molecular complexity index is 474. The Morgan fingerprint density at radius 1 is 1.76 bits per heavy atom. The summed E-state index contributed by atoms with van der Waals surface area (Å²) in [7, 11) is 0. The molecule has 6 heteroatoms. The maximum Gasteiger partial charge on any atom is 0.350 e. The Morgan fingerprint density at radius 2 is 2.47 bits per heavy atom. The molecule has 0 aliphatic rings. The number of nitrogen functional groups attached to an aromatic ring is 1. The molecular weight excluding hydrogens is 238 g/mol. The van der Waals surface area contributed by atoms with Crippen LogP contribution in [0.5, 0.6) is 0 Å². The lowest BCUT2D eigenvalue weighted by atomic mass is 10.2. The predicted octanol–water partition coefficient (Wildman–Crippen LogP) is 1.98. The topological polar surface area (TPSA) is 88.1 Å². The van der Waals surface area contributed by atoms with Gasteiger partial charge in [0.25, 0.3) is 0 Å². The van der Waals surface area contributed by atoms with E-state index in [1.54, 1.807) is 13.0 Å². The molecule has 17 heavy (non-hydrogen) atoms. The highest BCUT2D eigenvalue weighted by Crippen LogP contribution is 2.35. The number of nitrogens with zero attached hydrogens (tertiary/aromatic N) is 1. The number of hydrogen-bond acceptors (Lipinski definition) is 6. The van der Waals surface area contributed by atoms with E-state index in [1.165, 1.54) is 0 Å². The van der Waals surface area contributed by atoms with E-state index in [0.29, 0.717) is 11.5 Å². The van der Waals surface area contributed by atoms with Crippen molar-refractivity contribution < 1.29 is 9.53 Å². The molecule has 1 aromatic rings. The van der Waals surface area contributed by atoms with Crippen LogP contribution in [0.3, 0.4) is 0 Å². The molecule has 0 amide bonds. The molecule has 1 heterocycles. The highest BCUT2D eigenvalue weighted by molar-refractivity contribution is 7.18. The van der Waals surface area contributed by atoms with Gasteiger partial charge >= 0.3 is 5.97 Å². The Kier molecular flexibility index (Phi) is 4.55. The lowest BCUT2D eigenvalue weighted by molar-refractivity contribution is 0.0533. The number of thiophene rings is 1. The molecular formula is C11H13N3O2S. The summed E-state index contributed by atoms with van der Waals surface area (Å²) in [6.45, 7) is 6.04. The minimum Gasteiger partial charge on any atom is -0.462 e. The van der Waals surface area contributed by atoms with Gasteiger partial charge in [-0.3, -0.25) is 0 Å². The molecule has 0 atom stereocenters. The first-order chi connectivity index (χ1) is 8.15. The third-order valence-electron chi connectivity index (χ3n) is 1.92. The van der Waals surface area contributed by atoms with Crippen LogP contribution in [0.2, 0.25) is 0 Å². The summed E-state index contributed by atoms with van der Waals surface area (Å²) in [6.07, 6.45) is 1.65. The number of carbonyl (C=O) groups is 1. The van der Waals surface area contributed by atoms with Gasteiger partial charge in [-0.25, -0.2) is 4.79 Å². The molecule has 5 nitrogen and oxygen atoms in total. The van der Waals surface area contributed by atoms with Gasteiger partial charge in [-0.2, -0.15) is 5.26 Å². The van der Waals surface area contributed by atoms with Crippen LogP contribution < -0.4 is 11.1 Å². The highest BCUT2D eigenvalue weighted by Gasteiger charge is 2.21. The average molecular weight is 251 g/mol. The van der Waals surface area contributed by atoms with Crippen molar-refractivity contribution >= 4 is 28.0 Å². The SMILES string of the molecule is C=CCNc1sc(C(=O)OCC)c(N)c1C#N. The van der Waals surface area contributed by atoms with Gasteiger partial charge in [0.1, 0.15) is 21.5 Å². The van der Waals surface area contributed by atoms with Gasteiger partial charge in [-0.05, 0) is 6.92 Å². The number of nitrogens with two attached hydrogens (primary N) is 1. The van der Waals surface area contributed by atoms with Crippen molar-refractivity contribution in [3.8, 4) is 6.07 Å². The van der Waals surface area contributed by atoms with Crippen molar-refractivity contribution in [2.45, 2.75) is 6.92 Å². The van der Waals surface area contributed by atoms with Crippen LogP contribution in [0.15, 0.2) is 12.7 Å². The first-order valence-electron chi connectivity index (χ1n) is 4.99. The van der Waals surface area contributed by atoms with Gasteiger partial charge < -0.3 is 15.8 Å². The van der Waals surface area contributed by atoms with E-state index in [1.807, 2.05) is 6.07 Å². The number of carbonyl (C=O) groups excluding carboxylic acids is 1. The number of ether oxygens (including phenoxy) is 1. The van der Waals surface area contributed by atoms with Crippen LogP contribution in [0, 0.1) is 11.3 Å². The van der Waals surface area contributed by atoms with Crippen LogP contribution in [0.1, 0.15) is 22.2 Å². The van der Waals surface area contributed by atoms with Crippen molar-refractivity contribution in [1.82, 2.24) is 0 Å². The maximum absolute atomic E-state index is 11.6. The molecule has 0 radical (unpaired) electrons. The monoisotopic (exact) mass is 251 g/mol. The van der Waals surface area contributed by atoms with Crippen LogP contribution >= 0.6 is 11.3 Å². The van der Waals surface area contributed by atoms with Gasteiger partial charge in [0.05, 0.1) is 12.3 Å². The summed E-state index contributed by atoms with van der Waals surface area (Å²) in [4.78, 5) is 11.8. The molecule has 0 saturated carbocycles. The van der Waals surface area contributed by atoms with Crippen molar-refractivity contribution in [3.63, 3.8) is 0 Å². The molecule has 0 aliphatic carbocycles. The summed E-state index contributed by atoms with van der Waals surface area (Å²) in [6, 6.07) is 1.97. The zero-order valence-corrected chi connectivity index (χ0v) is 10.3. The number of esters is 1. The Labute approximate surface area is 103 Å². The molecule has 0 aliphatic heterocycles. The summed E-state index contributed by atoms with van der Waals surface area (Å²) in [5.41, 5.74) is 6.19. The van der Waals surface area contributed by atoms with E-state index in [-0.39, 0.29) is 22.7 Å². The fourth-order valence-electron chi connectivity index (χ4n) is 1.19. The van der Waals surface area contributed by atoms with Crippen LogP contribution in [0.25, 0.3) is 0 Å². The summed E-state index contributed by atoms with van der Waals surface area (Å²) in [5.74, 6) is -0.502. The molecule has 1 rings (SSSR count). The fraction of sp³-hybridized carbons (Fsp3) is 0.273. The number of nitriles is 1. The third-order valence-corrected chi connectivity index (χ3v) is 3.07. The molecule has 0 spiro atoms. The average Bonchev–Trinajstić information content (AvgIpc) is 2.63. The van der Waals surface area contributed by atoms with Crippen molar-refractivity contribution in [1.29, 1.82) is 5.26 Å². The Balaban J connectivity index is 3.09. The first-order valence-corrected chi connectivity index (χ1v) is 5.81. The first kappa shape index (κ1) is 13.1. The molecule has 0 unspecified atom stereocenters. The number of hydrogen-bond donors (Lipinski definition) is 2. The standard InChI is InChI=1S/C11H13N3O2S/c1-3-5-14-10-7(6-12)8(13)9(17-10)11(15)16-4-2/h3,14H,1,4-5,13H2,2H3. The number of nitrogens with one attached hydrogen (secondary N) is 1. The lowest BCUT2D eigenvalue weighted by Gasteiger charge is -1.98. The Hall–Kier alpha value is -2.00. The van der Waals surface area contributed by atoms with Gasteiger partial charge in [-0.15, -0.1) is 17.9 Å². The fourth-order valence-corrected chi connectivity index (χ4v) is 2.16. The van der Waals surface area contributed by atoms with E-state index in [2.05, 4.69) is 11.9 Å². The molecule has 90 valence electrons. The minimum absolute atomic E-state index is 0.169. The van der Waals surface area contributed by atoms with E-state index >= 15 is 0 Å². The molecule has 0 fully saturated rings. The van der Waals surface area contributed by atoms with Gasteiger partial charge in [-0.1, -0.05) is 6.08 Å². The molecule has 0 saturated heterocycles. The maximum atomic E-state index is 11.6. The van der Waals surface area contributed by atoms with E-state index in [0.717, 1.165) is 11.3 Å². The third kappa shape index (κ3) is 2.77. The minimum atomic E-state index is -0.502. The second-order valence-electron chi connectivity index (χ2n) is 3.05. The Morgan fingerprint density at radius 3 is 3.00 bits per heavy atom.